The molecule has 2 heterocycles. The largest absolute Gasteiger partial charge is 0.478 e. The molecule has 156 valence electrons. The van der Waals surface area contributed by atoms with Crippen molar-refractivity contribution in [2.24, 2.45) is 5.92 Å². The van der Waals surface area contributed by atoms with Crippen LogP contribution in [0, 0.1) is 5.92 Å². The van der Waals surface area contributed by atoms with Crippen LogP contribution in [0.15, 0.2) is 35.9 Å². The summed E-state index contributed by atoms with van der Waals surface area (Å²) in [7, 11) is -3.47. The number of rotatable bonds is 8. The lowest BCUT2D eigenvalue weighted by Crippen LogP contribution is -2.27. The Balaban J connectivity index is 1.82. The lowest BCUT2D eigenvalue weighted by molar-refractivity contribution is -0.119. The molecule has 1 amide bonds. The maximum atomic E-state index is 13.0. The monoisotopic (exact) mass is 420 g/mol. The summed E-state index contributed by atoms with van der Waals surface area (Å²) in [6, 6.07) is 2.15. The Labute approximate surface area is 169 Å². The topological polar surface area (TPSA) is 131 Å². The van der Waals surface area contributed by atoms with Crippen LogP contribution >= 0.6 is 0 Å². The van der Waals surface area contributed by atoms with E-state index in [0.29, 0.717) is 12.3 Å². The molecule has 0 radical (unpaired) electrons. The Morgan fingerprint density at radius 3 is 2.59 bits per heavy atom. The van der Waals surface area contributed by atoms with Crippen molar-refractivity contribution in [2.45, 2.75) is 50.1 Å². The maximum absolute atomic E-state index is 13.0. The number of imidazole rings is 1. The number of sulfone groups is 1. The molecule has 1 fully saturated rings. The third-order valence-corrected chi connectivity index (χ3v) is 6.84. The van der Waals surface area contributed by atoms with Gasteiger partial charge in [0.05, 0.1) is 17.6 Å². The Kier molecular flexibility index (Phi) is 6.31. The number of anilines is 1. The molecule has 0 aliphatic heterocycles. The zero-order valence-corrected chi connectivity index (χ0v) is 16.9. The van der Waals surface area contributed by atoms with Gasteiger partial charge in [-0.2, -0.15) is 0 Å². The number of carbonyl (C=O) groups excluding carboxylic acids is 1. The van der Waals surface area contributed by atoms with Gasteiger partial charge in [0, 0.05) is 12.4 Å². The van der Waals surface area contributed by atoms with Crippen LogP contribution in [0.5, 0.6) is 0 Å². The van der Waals surface area contributed by atoms with Crippen molar-refractivity contribution in [3.05, 3.63) is 36.4 Å². The molecular formula is C19H24N4O5S. The van der Waals surface area contributed by atoms with Crippen molar-refractivity contribution in [1.82, 2.24) is 14.5 Å². The van der Waals surface area contributed by atoms with E-state index in [1.807, 2.05) is 0 Å². The Morgan fingerprint density at radius 2 is 2.00 bits per heavy atom. The van der Waals surface area contributed by atoms with E-state index in [2.05, 4.69) is 15.3 Å². The second-order valence-corrected chi connectivity index (χ2v) is 9.42. The number of carbonyl (C=O) groups is 2. The van der Waals surface area contributed by atoms with Gasteiger partial charge in [0.2, 0.25) is 5.91 Å². The number of carboxylic acids is 1. The molecule has 2 aromatic heterocycles. The first-order valence-corrected chi connectivity index (χ1v) is 11.2. The summed E-state index contributed by atoms with van der Waals surface area (Å²) in [5, 5.41) is 11.6. The predicted molar refractivity (Wildman–Crippen MR) is 105 cm³/mol. The second-order valence-electron chi connectivity index (χ2n) is 7.19. The molecule has 1 saturated carbocycles. The summed E-state index contributed by atoms with van der Waals surface area (Å²) in [6.45, 7) is 1.55. The first kappa shape index (κ1) is 21.0. The normalized spacial score (nSPS) is 15.9. The molecule has 2 aromatic rings. The number of hydrogen-bond donors (Lipinski definition) is 2. The third-order valence-electron chi connectivity index (χ3n) is 5.23. The summed E-state index contributed by atoms with van der Waals surface area (Å²) < 4.78 is 25.7. The summed E-state index contributed by atoms with van der Waals surface area (Å²) in [6.07, 6.45) is 8.83. The van der Waals surface area contributed by atoms with Gasteiger partial charge in [0.1, 0.15) is 11.9 Å². The smallest absolute Gasteiger partial charge is 0.337 e. The fraction of sp³-hybridized carbons (Fsp3) is 0.474. The van der Waals surface area contributed by atoms with Gasteiger partial charge in [-0.15, -0.1) is 0 Å². The second kappa shape index (κ2) is 8.73. The van der Waals surface area contributed by atoms with Crippen molar-refractivity contribution in [3.8, 4) is 0 Å². The lowest BCUT2D eigenvalue weighted by atomic mass is 9.97. The molecule has 29 heavy (non-hydrogen) atoms. The molecule has 2 N–H and O–H groups in total. The molecule has 1 atom stereocenters. The number of aromatic nitrogens is 3. The molecular weight excluding hydrogens is 396 g/mol. The highest BCUT2D eigenvalue weighted by Gasteiger charge is 2.28. The van der Waals surface area contributed by atoms with Gasteiger partial charge in [-0.3, -0.25) is 4.79 Å². The highest BCUT2D eigenvalue weighted by Crippen LogP contribution is 2.33. The van der Waals surface area contributed by atoms with Crippen molar-refractivity contribution >= 4 is 27.5 Å². The van der Waals surface area contributed by atoms with Crippen LogP contribution in [0.2, 0.25) is 0 Å². The standard InChI is InChI=1S/C19H24N4O5S/c1-2-29(27,28)17-11-23(12-21-17)15(9-13-5-3-4-6-13)18(24)22-16-8-7-14(10-20-16)19(25)26/h7-8,10-13,15H,2-6,9H2,1H3,(H,25,26)(H,20,22,24)/t15-/m0/s1. The van der Waals surface area contributed by atoms with Crippen molar-refractivity contribution in [2.75, 3.05) is 11.1 Å². The number of carboxylic acid groups (broad SMARTS) is 1. The average molecular weight is 420 g/mol. The molecule has 3 rings (SSSR count). The zero-order valence-electron chi connectivity index (χ0n) is 16.1. The molecule has 10 heteroatoms. The number of aromatic carboxylic acids is 1. The molecule has 1 aliphatic carbocycles. The van der Waals surface area contributed by atoms with Crippen LogP contribution in [-0.2, 0) is 14.6 Å². The van der Waals surface area contributed by atoms with E-state index >= 15 is 0 Å². The summed E-state index contributed by atoms with van der Waals surface area (Å²) in [4.78, 5) is 31.9. The highest BCUT2D eigenvalue weighted by atomic mass is 32.2. The van der Waals surface area contributed by atoms with Crippen LogP contribution in [0.4, 0.5) is 5.82 Å². The van der Waals surface area contributed by atoms with Gasteiger partial charge in [-0.1, -0.05) is 32.6 Å². The fourth-order valence-electron chi connectivity index (χ4n) is 3.53. The Hall–Kier alpha value is -2.75. The minimum Gasteiger partial charge on any atom is -0.478 e. The van der Waals surface area contributed by atoms with E-state index in [1.165, 1.54) is 30.9 Å². The molecule has 0 unspecified atom stereocenters. The minimum atomic E-state index is -3.47. The number of pyridine rings is 1. The predicted octanol–water partition coefficient (Wildman–Crippen LogP) is 2.53. The Bertz CT molecular complexity index is 978. The molecule has 0 bridgehead atoms. The van der Waals surface area contributed by atoms with Gasteiger partial charge in [0.25, 0.3) is 0 Å². The lowest BCUT2D eigenvalue weighted by Gasteiger charge is -2.21. The van der Waals surface area contributed by atoms with Crippen LogP contribution in [0.25, 0.3) is 0 Å². The Morgan fingerprint density at radius 1 is 1.28 bits per heavy atom. The van der Waals surface area contributed by atoms with Crippen LogP contribution < -0.4 is 5.32 Å². The minimum absolute atomic E-state index is 0.0227. The van der Waals surface area contributed by atoms with Crippen LogP contribution in [0.3, 0.4) is 0 Å². The molecule has 0 saturated heterocycles. The van der Waals surface area contributed by atoms with Crippen molar-refractivity contribution in [3.63, 3.8) is 0 Å². The van der Waals surface area contributed by atoms with E-state index < -0.39 is 21.8 Å². The van der Waals surface area contributed by atoms with Gasteiger partial charge >= 0.3 is 5.97 Å². The summed E-state index contributed by atoms with van der Waals surface area (Å²) in [5.41, 5.74) is 0.0227. The number of amides is 1. The van der Waals surface area contributed by atoms with E-state index in [-0.39, 0.29) is 28.1 Å². The number of nitrogens with zero attached hydrogens (tertiary/aromatic N) is 3. The summed E-state index contributed by atoms with van der Waals surface area (Å²) in [5.74, 6) is -0.897. The van der Waals surface area contributed by atoms with Gasteiger partial charge < -0.3 is 15.0 Å². The first-order chi connectivity index (χ1) is 13.8. The average Bonchev–Trinajstić information content (AvgIpc) is 3.38. The third kappa shape index (κ3) is 5.00. The zero-order chi connectivity index (χ0) is 21.0. The maximum Gasteiger partial charge on any atom is 0.337 e. The summed E-state index contributed by atoms with van der Waals surface area (Å²) >= 11 is 0. The van der Waals surface area contributed by atoms with Gasteiger partial charge in [0.15, 0.2) is 14.9 Å². The van der Waals surface area contributed by atoms with Gasteiger partial charge in [-0.05, 0) is 24.5 Å². The van der Waals surface area contributed by atoms with Gasteiger partial charge in [-0.25, -0.2) is 23.2 Å². The highest BCUT2D eigenvalue weighted by molar-refractivity contribution is 7.91. The molecule has 1 aliphatic rings. The quantitative estimate of drug-likeness (QED) is 0.671. The van der Waals surface area contributed by atoms with E-state index in [4.69, 9.17) is 5.11 Å². The molecule has 0 spiro atoms. The SMILES string of the molecule is CCS(=O)(=O)c1cn([C@@H](CC2CCCC2)C(=O)Nc2ccc(C(=O)O)cn2)cn1. The fourth-order valence-corrected chi connectivity index (χ4v) is 4.31. The van der Waals surface area contributed by atoms with Crippen molar-refractivity contribution < 1.29 is 23.1 Å². The molecule has 0 aromatic carbocycles. The van der Waals surface area contributed by atoms with Crippen molar-refractivity contribution in [1.29, 1.82) is 0 Å². The van der Waals surface area contributed by atoms with E-state index in [1.54, 1.807) is 11.5 Å². The molecule has 9 nitrogen and oxygen atoms in total. The van der Waals surface area contributed by atoms with Crippen LogP contribution in [0.1, 0.15) is 55.4 Å². The van der Waals surface area contributed by atoms with E-state index in [9.17, 15) is 18.0 Å². The number of hydrogen-bond acceptors (Lipinski definition) is 6. The number of nitrogens with one attached hydrogen (secondary N) is 1. The first-order valence-electron chi connectivity index (χ1n) is 9.56. The van der Waals surface area contributed by atoms with Crippen LogP contribution in [-0.4, -0.2) is 45.7 Å². The van der Waals surface area contributed by atoms with E-state index in [0.717, 1.165) is 25.7 Å².